The highest BCUT2D eigenvalue weighted by Gasteiger charge is 2.23. The SMILES string of the molecule is CCCNC(=O)c1nn(CC)cc1NC(=O)c1cc(C)nc2c1c(C)nn2-c1ccccc1. The van der Waals surface area contributed by atoms with Crippen molar-refractivity contribution in [2.45, 2.75) is 40.7 Å². The zero-order chi connectivity index (χ0) is 23.5. The second-order valence-corrected chi connectivity index (χ2v) is 7.80. The number of para-hydroxylation sites is 1. The maximum atomic E-state index is 13.4. The van der Waals surface area contributed by atoms with Crippen molar-refractivity contribution in [2.24, 2.45) is 0 Å². The number of aryl methyl sites for hydroxylation is 3. The van der Waals surface area contributed by atoms with Crippen molar-refractivity contribution in [3.8, 4) is 5.69 Å². The van der Waals surface area contributed by atoms with Crippen LogP contribution in [0.5, 0.6) is 0 Å². The summed E-state index contributed by atoms with van der Waals surface area (Å²) in [6.45, 7) is 8.70. The molecule has 0 unspecified atom stereocenters. The van der Waals surface area contributed by atoms with Crippen LogP contribution >= 0.6 is 0 Å². The van der Waals surface area contributed by atoms with Crippen LogP contribution in [-0.2, 0) is 6.54 Å². The normalized spacial score (nSPS) is 11.0. The maximum Gasteiger partial charge on any atom is 0.273 e. The minimum atomic E-state index is -0.346. The Labute approximate surface area is 191 Å². The Morgan fingerprint density at radius 2 is 1.79 bits per heavy atom. The quantitative estimate of drug-likeness (QED) is 0.452. The number of pyridine rings is 1. The summed E-state index contributed by atoms with van der Waals surface area (Å²) in [5, 5.41) is 15.3. The van der Waals surface area contributed by atoms with Gasteiger partial charge in [0.25, 0.3) is 11.8 Å². The van der Waals surface area contributed by atoms with Crippen molar-refractivity contribution in [1.29, 1.82) is 0 Å². The summed E-state index contributed by atoms with van der Waals surface area (Å²) >= 11 is 0. The number of amides is 2. The average molecular weight is 446 g/mol. The second-order valence-electron chi connectivity index (χ2n) is 7.80. The van der Waals surface area contributed by atoms with Gasteiger partial charge >= 0.3 is 0 Å². The number of hydrogen-bond donors (Lipinski definition) is 2. The number of benzene rings is 1. The molecular formula is C24H27N7O2. The molecule has 4 aromatic rings. The Bertz CT molecular complexity index is 1320. The lowest BCUT2D eigenvalue weighted by Gasteiger charge is -2.09. The Balaban J connectivity index is 1.75. The van der Waals surface area contributed by atoms with Crippen LogP contribution in [0.1, 0.15) is 52.5 Å². The molecule has 3 aromatic heterocycles. The van der Waals surface area contributed by atoms with Crippen molar-refractivity contribution in [2.75, 3.05) is 11.9 Å². The highest BCUT2D eigenvalue weighted by molar-refractivity contribution is 6.14. The smallest absolute Gasteiger partial charge is 0.273 e. The maximum absolute atomic E-state index is 13.4. The lowest BCUT2D eigenvalue weighted by atomic mass is 10.1. The first-order valence-electron chi connectivity index (χ1n) is 11.0. The molecule has 0 saturated heterocycles. The molecule has 0 aliphatic carbocycles. The summed E-state index contributed by atoms with van der Waals surface area (Å²) in [6, 6.07) is 11.4. The molecule has 0 fully saturated rings. The first-order chi connectivity index (χ1) is 15.9. The summed E-state index contributed by atoms with van der Waals surface area (Å²) in [6.07, 6.45) is 2.48. The number of fused-ring (bicyclic) bond motifs is 1. The van der Waals surface area contributed by atoms with Crippen molar-refractivity contribution < 1.29 is 9.59 Å². The molecule has 0 radical (unpaired) electrons. The molecule has 0 saturated carbocycles. The number of aromatic nitrogens is 5. The Hall–Kier alpha value is -4.01. The van der Waals surface area contributed by atoms with Crippen LogP contribution in [0.15, 0.2) is 42.6 Å². The first kappa shape index (κ1) is 22.2. The molecule has 0 bridgehead atoms. The minimum absolute atomic E-state index is 0.192. The molecule has 0 aliphatic heterocycles. The van der Waals surface area contributed by atoms with Crippen LogP contribution in [0.4, 0.5) is 5.69 Å². The van der Waals surface area contributed by atoms with Gasteiger partial charge in [-0.15, -0.1) is 0 Å². The third-order valence-electron chi connectivity index (χ3n) is 5.27. The van der Waals surface area contributed by atoms with Crippen LogP contribution < -0.4 is 10.6 Å². The number of carbonyl (C=O) groups excluding carboxylic acids is 2. The zero-order valence-electron chi connectivity index (χ0n) is 19.2. The second kappa shape index (κ2) is 9.23. The lowest BCUT2D eigenvalue weighted by Crippen LogP contribution is -2.26. The van der Waals surface area contributed by atoms with E-state index in [-0.39, 0.29) is 17.5 Å². The summed E-state index contributed by atoms with van der Waals surface area (Å²) in [4.78, 5) is 30.7. The fourth-order valence-corrected chi connectivity index (χ4v) is 3.70. The molecule has 9 nitrogen and oxygen atoms in total. The molecule has 2 amide bonds. The van der Waals surface area contributed by atoms with Crippen molar-refractivity contribution in [1.82, 2.24) is 29.9 Å². The van der Waals surface area contributed by atoms with E-state index in [0.29, 0.717) is 46.8 Å². The largest absolute Gasteiger partial charge is 0.351 e. The first-order valence-corrected chi connectivity index (χ1v) is 11.0. The highest BCUT2D eigenvalue weighted by Crippen LogP contribution is 2.26. The molecule has 33 heavy (non-hydrogen) atoms. The number of carbonyl (C=O) groups is 2. The minimum Gasteiger partial charge on any atom is -0.351 e. The topological polar surface area (TPSA) is 107 Å². The van der Waals surface area contributed by atoms with E-state index in [2.05, 4.69) is 25.8 Å². The number of nitrogens with zero attached hydrogens (tertiary/aromatic N) is 5. The van der Waals surface area contributed by atoms with Crippen LogP contribution in [0.3, 0.4) is 0 Å². The van der Waals surface area contributed by atoms with E-state index in [1.54, 1.807) is 21.6 Å². The molecule has 0 spiro atoms. The van der Waals surface area contributed by atoms with Gasteiger partial charge in [-0.25, -0.2) is 9.67 Å². The molecule has 2 N–H and O–H groups in total. The molecule has 0 atom stereocenters. The van der Waals surface area contributed by atoms with E-state index in [4.69, 9.17) is 0 Å². The molecule has 170 valence electrons. The van der Waals surface area contributed by atoms with Gasteiger partial charge in [-0.2, -0.15) is 10.2 Å². The third kappa shape index (κ3) is 4.34. The fourth-order valence-electron chi connectivity index (χ4n) is 3.70. The van der Waals surface area contributed by atoms with Crippen molar-refractivity contribution >= 4 is 28.5 Å². The van der Waals surface area contributed by atoms with Crippen molar-refractivity contribution in [3.63, 3.8) is 0 Å². The van der Waals surface area contributed by atoms with Gasteiger partial charge in [0.05, 0.1) is 28.0 Å². The van der Waals surface area contributed by atoms with E-state index >= 15 is 0 Å². The van der Waals surface area contributed by atoms with Gasteiger partial charge in [0.2, 0.25) is 0 Å². The van der Waals surface area contributed by atoms with Gasteiger partial charge in [0.15, 0.2) is 11.3 Å². The van der Waals surface area contributed by atoms with Gasteiger partial charge in [-0.05, 0) is 45.4 Å². The van der Waals surface area contributed by atoms with Gasteiger partial charge in [-0.3, -0.25) is 14.3 Å². The van der Waals surface area contributed by atoms with E-state index < -0.39 is 0 Å². The van der Waals surface area contributed by atoms with Crippen LogP contribution in [0.25, 0.3) is 16.7 Å². The molecule has 4 rings (SSSR count). The summed E-state index contributed by atoms with van der Waals surface area (Å²) < 4.78 is 3.37. The third-order valence-corrected chi connectivity index (χ3v) is 5.27. The summed E-state index contributed by atoms with van der Waals surface area (Å²) in [5.41, 5.74) is 3.85. The zero-order valence-corrected chi connectivity index (χ0v) is 19.2. The van der Waals surface area contributed by atoms with Gasteiger partial charge in [0, 0.05) is 25.0 Å². The van der Waals surface area contributed by atoms with E-state index in [9.17, 15) is 9.59 Å². The Kier molecular flexibility index (Phi) is 6.21. The van der Waals surface area contributed by atoms with Crippen molar-refractivity contribution in [3.05, 3.63) is 65.2 Å². The van der Waals surface area contributed by atoms with E-state index in [1.807, 2.05) is 58.0 Å². The summed E-state index contributed by atoms with van der Waals surface area (Å²) in [7, 11) is 0. The van der Waals surface area contributed by atoms with Crippen LogP contribution in [-0.4, -0.2) is 42.9 Å². The Morgan fingerprint density at radius 3 is 2.48 bits per heavy atom. The van der Waals surface area contributed by atoms with Crippen LogP contribution in [0.2, 0.25) is 0 Å². The summed E-state index contributed by atoms with van der Waals surface area (Å²) in [5.74, 6) is -0.662. The predicted molar refractivity (Wildman–Crippen MR) is 127 cm³/mol. The Morgan fingerprint density at radius 1 is 1.03 bits per heavy atom. The number of rotatable bonds is 7. The molecular weight excluding hydrogens is 418 g/mol. The standard InChI is InChI=1S/C24H27N7O2/c1-5-12-25-24(33)21-19(14-30(6-2)29-21)27-23(32)18-13-15(3)26-22-20(18)16(4)28-31(22)17-10-8-7-9-11-17/h7-11,13-14H,5-6,12H2,1-4H3,(H,25,33)(H,27,32). The van der Waals surface area contributed by atoms with Gasteiger partial charge < -0.3 is 10.6 Å². The lowest BCUT2D eigenvalue weighted by molar-refractivity contribution is 0.0948. The molecule has 1 aromatic carbocycles. The van der Waals surface area contributed by atoms with Gasteiger partial charge in [-0.1, -0.05) is 25.1 Å². The molecule has 9 heteroatoms. The molecule has 3 heterocycles. The predicted octanol–water partition coefficient (Wildman–Crippen LogP) is 3.65. The van der Waals surface area contributed by atoms with Crippen LogP contribution in [0, 0.1) is 13.8 Å². The number of nitrogens with one attached hydrogen (secondary N) is 2. The monoisotopic (exact) mass is 445 g/mol. The number of anilines is 1. The fraction of sp³-hybridized carbons (Fsp3) is 0.292. The number of hydrogen-bond acceptors (Lipinski definition) is 5. The van der Waals surface area contributed by atoms with E-state index in [1.165, 1.54) is 0 Å². The molecule has 0 aliphatic rings. The van der Waals surface area contributed by atoms with Gasteiger partial charge in [0.1, 0.15) is 0 Å². The highest BCUT2D eigenvalue weighted by atomic mass is 16.2. The average Bonchev–Trinajstić information content (AvgIpc) is 3.38. The van der Waals surface area contributed by atoms with E-state index in [0.717, 1.165) is 12.1 Å².